The highest BCUT2D eigenvalue weighted by Crippen LogP contribution is 2.27. The molecule has 2 heterocycles. The van der Waals surface area contributed by atoms with Gasteiger partial charge in [0.15, 0.2) is 0 Å². The smallest absolute Gasteiger partial charge is 0.226 e. The van der Waals surface area contributed by atoms with E-state index in [1.54, 1.807) is 22.7 Å². The average Bonchev–Trinajstić information content (AvgIpc) is 3.25. The molecule has 0 saturated heterocycles. The van der Waals surface area contributed by atoms with Gasteiger partial charge in [0.25, 0.3) is 0 Å². The van der Waals surface area contributed by atoms with Gasteiger partial charge in [-0.1, -0.05) is 44.2 Å². The predicted octanol–water partition coefficient (Wildman–Crippen LogP) is 5.08. The Kier molecular flexibility index (Phi) is 5.66. The average molecular weight is 371 g/mol. The van der Waals surface area contributed by atoms with Crippen LogP contribution in [0.25, 0.3) is 0 Å². The SMILES string of the molecule is Cc1nc(CC(=O)N[C@H](c2ccc(C(C)C)cc2)c2cccs2)cs1. The van der Waals surface area contributed by atoms with E-state index in [-0.39, 0.29) is 11.9 Å². The molecule has 3 nitrogen and oxygen atoms in total. The summed E-state index contributed by atoms with van der Waals surface area (Å²) in [7, 11) is 0. The second-order valence-electron chi connectivity index (χ2n) is 6.37. The van der Waals surface area contributed by atoms with Crippen LogP contribution in [0, 0.1) is 6.92 Å². The Morgan fingerprint density at radius 2 is 1.84 bits per heavy atom. The standard InChI is InChI=1S/C20H22N2OS2/c1-13(2)15-6-8-16(9-7-15)20(18-5-4-10-24-18)22-19(23)11-17-12-25-14(3)21-17/h4-10,12-13,20H,11H2,1-3H3,(H,22,23)/t20-/m1/s1. The summed E-state index contributed by atoms with van der Waals surface area (Å²) < 4.78 is 0. The van der Waals surface area contributed by atoms with Crippen molar-refractivity contribution in [3.05, 3.63) is 73.9 Å². The molecule has 1 amide bonds. The zero-order valence-corrected chi connectivity index (χ0v) is 16.3. The molecule has 1 N–H and O–H groups in total. The molecular weight excluding hydrogens is 348 g/mol. The van der Waals surface area contributed by atoms with E-state index >= 15 is 0 Å². The van der Waals surface area contributed by atoms with E-state index in [9.17, 15) is 4.79 Å². The minimum Gasteiger partial charge on any atom is -0.344 e. The molecule has 5 heteroatoms. The largest absolute Gasteiger partial charge is 0.344 e. The number of carbonyl (C=O) groups excluding carboxylic acids is 1. The van der Waals surface area contributed by atoms with Crippen LogP contribution >= 0.6 is 22.7 Å². The van der Waals surface area contributed by atoms with Gasteiger partial charge >= 0.3 is 0 Å². The fraction of sp³-hybridized carbons (Fsp3) is 0.300. The molecule has 0 aliphatic carbocycles. The lowest BCUT2D eigenvalue weighted by atomic mass is 9.98. The van der Waals surface area contributed by atoms with Crippen molar-refractivity contribution in [1.82, 2.24) is 10.3 Å². The number of thiazole rings is 1. The summed E-state index contributed by atoms with van der Waals surface area (Å²) in [6.45, 7) is 6.32. The van der Waals surface area contributed by atoms with Crippen molar-refractivity contribution in [3.63, 3.8) is 0 Å². The summed E-state index contributed by atoms with van der Waals surface area (Å²) in [6, 6.07) is 12.5. The Morgan fingerprint density at radius 1 is 1.12 bits per heavy atom. The number of benzene rings is 1. The van der Waals surface area contributed by atoms with E-state index in [1.807, 2.05) is 23.8 Å². The van der Waals surface area contributed by atoms with Gasteiger partial charge in [-0.05, 0) is 35.4 Å². The van der Waals surface area contributed by atoms with Gasteiger partial charge < -0.3 is 5.32 Å². The van der Waals surface area contributed by atoms with Gasteiger partial charge in [-0.25, -0.2) is 4.98 Å². The number of aryl methyl sites for hydroxylation is 1. The van der Waals surface area contributed by atoms with Gasteiger partial charge in [0.1, 0.15) is 0 Å². The minimum absolute atomic E-state index is 0.00311. The van der Waals surface area contributed by atoms with E-state index in [2.05, 4.69) is 54.5 Å². The minimum atomic E-state index is -0.117. The lowest BCUT2D eigenvalue weighted by Gasteiger charge is -2.19. The summed E-state index contributed by atoms with van der Waals surface area (Å²) in [6.07, 6.45) is 0.316. The second kappa shape index (κ2) is 7.93. The molecule has 0 spiro atoms. The Balaban J connectivity index is 1.79. The quantitative estimate of drug-likeness (QED) is 0.657. The number of carbonyl (C=O) groups is 1. The maximum Gasteiger partial charge on any atom is 0.226 e. The third-order valence-corrected chi connectivity index (χ3v) is 5.84. The van der Waals surface area contributed by atoms with Crippen molar-refractivity contribution in [1.29, 1.82) is 0 Å². The van der Waals surface area contributed by atoms with Crippen molar-refractivity contribution >= 4 is 28.6 Å². The lowest BCUT2D eigenvalue weighted by molar-refractivity contribution is -0.121. The van der Waals surface area contributed by atoms with Crippen molar-refractivity contribution in [3.8, 4) is 0 Å². The van der Waals surface area contributed by atoms with Crippen LogP contribution in [0.2, 0.25) is 0 Å². The monoisotopic (exact) mass is 370 g/mol. The molecular formula is C20H22N2OS2. The zero-order chi connectivity index (χ0) is 17.8. The second-order valence-corrected chi connectivity index (χ2v) is 8.41. The van der Waals surface area contributed by atoms with Gasteiger partial charge in [-0.2, -0.15) is 0 Å². The highest BCUT2D eigenvalue weighted by Gasteiger charge is 2.19. The number of nitrogens with one attached hydrogen (secondary N) is 1. The van der Waals surface area contributed by atoms with E-state index < -0.39 is 0 Å². The van der Waals surface area contributed by atoms with E-state index in [0.29, 0.717) is 12.3 Å². The molecule has 25 heavy (non-hydrogen) atoms. The summed E-state index contributed by atoms with van der Waals surface area (Å²) in [5.41, 5.74) is 3.24. The van der Waals surface area contributed by atoms with Gasteiger partial charge in [-0.15, -0.1) is 22.7 Å². The molecule has 0 bridgehead atoms. The molecule has 0 saturated carbocycles. The van der Waals surface area contributed by atoms with Gasteiger partial charge in [-0.3, -0.25) is 4.79 Å². The summed E-state index contributed by atoms with van der Waals surface area (Å²) in [4.78, 5) is 18.1. The third-order valence-electron chi connectivity index (χ3n) is 4.08. The summed E-state index contributed by atoms with van der Waals surface area (Å²) in [5, 5.41) is 8.16. The number of aromatic nitrogens is 1. The van der Waals surface area contributed by atoms with Crippen LogP contribution < -0.4 is 5.32 Å². The fourth-order valence-corrected chi connectivity index (χ4v) is 4.13. The normalized spacial score (nSPS) is 12.3. The molecule has 1 aromatic carbocycles. The van der Waals surface area contributed by atoms with Crippen LogP contribution in [0.5, 0.6) is 0 Å². The molecule has 2 aromatic heterocycles. The van der Waals surface area contributed by atoms with Gasteiger partial charge in [0, 0.05) is 10.3 Å². The number of amides is 1. The molecule has 0 radical (unpaired) electrons. The molecule has 0 aliphatic heterocycles. The summed E-state index contributed by atoms with van der Waals surface area (Å²) in [5.74, 6) is 0.494. The van der Waals surface area contributed by atoms with Crippen LogP contribution in [-0.4, -0.2) is 10.9 Å². The highest BCUT2D eigenvalue weighted by atomic mass is 32.1. The maximum atomic E-state index is 12.5. The first-order valence-corrected chi connectivity index (χ1v) is 10.1. The van der Waals surface area contributed by atoms with Crippen molar-refractivity contribution in [2.45, 2.75) is 39.2 Å². The molecule has 0 fully saturated rings. The van der Waals surface area contributed by atoms with Crippen LogP contribution in [0.4, 0.5) is 0 Å². The first-order chi connectivity index (χ1) is 12.0. The molecule has 3 aromatic rings. The highest BCUT2D eigenvalue weighted by molar-refractivity contribution is 7.10. The predicted molar refractivity (Wildman–Crippen MR) is 105 cm³/mol. The first-order valence-electron chi connectivity index (χ1n) is 8.36. The number of rotatable bonds is 6. The Morgan fingerprint density at radius 3 is 2.40 bits per heavy atom. The van der Waals surface area contributed by atoms with E-state index in [0.717, 1.165) is 21.1 Å². The third kappa shape index (κ3) is 4.55. The lowest BCUT2D eigenvalue weighted by Crippen LogP contribution is -2.30. The van der Waals surface area contributed by atoms with Crippen LogP contribution in [0.3, 0.4) is 0 Å². The number of hydrogen-bond acceptors (Lipinski definition) is 4. The topological polar surface area (TPSA) is 42.0 Å². The van der Waals surface area contributed by atoms with Crippen molar-refractivity contribution in [2.75, 3.05) is 0 Å². The Labute approximate surface area is 156 Å². The van der Waals surface area contributed by atoms with Crippen LogP contribution in [0.1, 0.15) is 52.5 Å². The first kappa shape index (κ1) is 17.8. The van der Waals surface area contributed by atoms with Gasteiger partial charge in [0.05, 0.1) is 23.2 Å². The Bertz CT molecular complexity index is 820. The molecule has 1 atom stereocenters. The number of nitrogens with zero attached hydrogens (tertiary/aromatic N) is 1. The van der Waals surface area contributed by atoms with Crippen molar-refractivity contribution in [2.24, 2.45) is 0 Å². The van der Waals surface area contributed by atoms with Gasteiger partial charge in [0.2, 0.25) is 5.91 Å². The molecule has 0 unspecified atom stereocenters. The fourth-order valence-electron chi connectivity index (χ4n) is 2.71. The van der Waals surface area contributed by atoms with Crippen molar-refractivity contribution < 1.29 is 4.79 Å². The number of thiophene rings is 1. The molecule has 130 valence electrons. The maximum absolute atomic E-state index is 12.5. The Hall–Kier alpha value is -1.98. The number of hydrogen-bond donors (Lipinski definition) is 1. The summed E-state index contributed by atoms with van der Waals surface area (Å²) >= 11 is 3.24. The molecule has 0 aliphatic rings. The van der Waals surface area contributed by atoms with Crippen LogP contribution in [0.15, 0.2) is 47.2 Å². The van der Waals surface area contributed by atoms with E-state index in [1.165, 1.54) is 5.56 Å². The molecule has 3 rings (SSSR count). The van der Waals surface area contributed by atoms with E-state index in [4.69, 9.17) is 0 Å². The zero-order valence-electron chi connectivity index (χ0n) is 14.7. The van der Waals surface area contributed by atoms with Crippen LogP contribution in [-0.2, 0) is 11.2 Å².